The van der Waals surface area contributed by atoms with Gasteiger partial charge in [-0.1, -0.05) is 13.3 Å². The maximum atomic E-state index is 11.6. The van der Waals surface area contributed by atoms with Gasteiger partial charge >= 0.3 is 5.97 Å². The molecule has 0 atom stereocenters. The number of nitrogens with zero attached hydrogens (tertiary/aromatic N) is 1. The van der Waals surface area contributed by atoms with E-state index in [1.807, 2.05) is 0 Å². The van der Waals surface area contributed by atoms with Crippen LogP contribution in [0.25, 0.3) is 0 Å². The highest BCUT2D eigenvalue weighted by Crippen LogP contribution is 2.17. The van der Waals surface area contributed by atoms with E-state index in [4.69, 9.17) is 4.74 Å². The first-order chi connectivity index (χ1) is 9.40. The lowest BCUT2D eigenvalue weighted by Gasteiger charge is -2.33. The molecule has 1 fully saturated rings. The van der Waals surface area contributed by atoms with E-state index in [0.29, 0.717) is 13.2 Å². The van der Waals surface area contributed by atoms with E-state index in [1.54, 1.807) is 0 Å². The fraction of sp³-hybridized carbons (Fsp3) is 0.938. The van der Waals surface area contributed by atoms with E-state index in [0.717, 1.165) is 38.4 Å². The van der Waals surface area contributed by atoms with E-state index >= 15 is 0 Å². The average Bonchev–Trinajstić information content (AvgIpc) is 2.37. The summed E-state index contributed by atoms with van der Waals surface area (Å²) < 4.78 is 5.21. The van der Waals surface area contributed by atoms with Crippen molar-refractivity contribution in [3.63, 3.8) is 0 Å². The molecule has 1 N–H and O–H groups in total. The zero-order valence-electron chi connectivity index (χ0n) is 13.7. The van der Waals surface area contributed by atoms with Crippen LogP contribution in [0.3, 0.4) is 0 Å². The number of nitrogens with one attached hydrogen (secondary N) is 1. The van der Waals surface area contributed by atoms with Gasteiger partial charge in [-0.05, 0) is 65.6 Å². The average molecular weight is 284 g/mol. The van der Waals surface area contributed by atoms with Gasteiger partial charge in [0, 0.05) is 5.54 Å². The topological polar surface area (TPSA) is 41.6 Å². The van der Waals surface area contributed by atoms with Crippen molar-refractivity contribution < 1.29 is 9.53 Å². The Hall–Kier alpha value is -0.610. The number of carbonyl (C=O) groups is 1. The lowest BCUT2D eigenvalue weighted by molar-refractivity contribution is -0.145. The van der Waals surface area contributed by atoms with Crippen molar-refractivity contribution in [2.75, 3.05) is 32.8 Å². The van der Waals surface area contributed by atoms with E-state index in [2.05, 4.69) is 37.9 Å². The summed E-state index contributed by atoms with van der Waals surface area (Å²) in [6.45, 7) is 12.9. The second-order valence-electron chi connectivity index (χ2n) is 6.92. The van der Waals surface area contributed by atoms with Gasteiger partial charge in [-0.2, -0.15) is 0 Å². The zero-order chi connectivity index (χ0) is 15.0. The van der Waals surface area contributed by atoms with E-state index in [9.17, 15) is 4.79 Å². The van der Waals surface area contributed by atoms with Crippen LogP contribution in [-0.2, 0) is 9.53 Å². The molecule has 0 aliphatic carbocycles. The molecule has 0 spiro atoms. The van der Waals surface area contributed by atoms with Gasteiger partial charge in [0.25, 0.3) is 0 Å². The summed E-state index contributed by atoms with van der Waals surface area (Å²) in [5, 5.41) is 3.57. The third-order valence-electron chi connectivity index (χ3n) is 3.74. The molecule has 118 valence electrons. The third kappa shape index (κ3) is 7.85. The standard InChI is InChI=1S/C16H32N2O2/c1-5-6-11-20-15(19)13-18-9-7-14(8-10-18)12-17-16(2,3)4/h14,17H,5-13H2,1-4H3. The molecule has 1 aliphatic rings. The normalized spacial score (nSPS) is 18.2. The second-order valence-corrected chi connectivity index (χ2v) is 6.92. The molecule has 0 aromatic carbocycles. The van der Waals surface area contributed by atoms with Gasteiger partial charge in [0.15, 0.2) is 0 Å². The molecule has 0 saturated carbocycles. The Morgan fingerprint density at radius 3 is 2.50 bits per heavy atom. The van der Waals surface area contributed by atoms with E-state index in [1.165, 1.54) is 12.8 Å². The maximum absolute atomic E-state index is 11.6. The van der Waals surface area contributed by atoms with Gasteiger partial charge in [-0.25, -0.2) is 0 Å². The van der Waals surface area contributed by atoms with Crippen LogP contribution in [0, 0.1) is 5.92 Å². The molecule has 0 radical (unpaired) electrons. The van der Waals surface area contributed by atoms with Crippen LogP contribution < -0.4 is 5.32 Å². The van der Waals surface area contributed by atoms with Gasteiger partial charge in [-0.3, -0.25) is 9.69 Å². The lowest BCUT2D eigenvalue weighted by atomic mass is 9.95. The highest BCUT2D eigenvalue weighted by molar-refractivity contribution is 5.71. The Bertz CT molecular complexity index is 279. The number of carbonyl (C=O) groups excluding carboxylic acids is 1. The molecule has 0 aromatic heterocycles. The summed E-state index contributed by atoms with van der Waals surface area (Å²) in [5.41, 5.74) is 0.195. The second kappa shape index (κ2) is 8.63. The molecule has 4 heteroatoms. The predicted octanol–water partition coefficient (Wildman–Crippen LogP) is 2.43. The molecule has 1 heterocycles. The first-order valence-electron chi connectivity index (χ1n) is 8.03. The number of hydrogen-bond donors (Lipinski definition) is 1. The van der Waals surface area contributed by atoms with Crippen LogP contribution in [0.4, 0.5) is 0 Å². The molecule has 0 amide bonds. The number of piperidine rings is 1. The SMILES string of the molecule is CCCCOC(=O)CN1CCC(CNC(C)(C)C)CC1. The molecular weight excluding hydrogens is 252 g/mol. The first kappa shape index (κ1) is 17.4. The number of esters is 1. The molecule has 20 heavy (non-hydrogen) atoms. The van der Waals surface area contributed by atoms with E-state index in [-0.39, 0.29) is 11.5 Å². The lowest BCUT2D eigenvalue weighted by Crippen LogP contribution is -2.44. The minimum absolute atomic E-state index is 0.0651. The van der Waals surface area contributed by atoms with Crippen LogP contribution in [0.5, 0.6) is 0 Å². The zero-order valence-corrected chi connectivity index (χ0v) is 13.7. The van der Waals surface area contributed by atoms with E-state index < -0.39 is 0 Å². The van der Waals surface area contributed by atoms with Gasteiger partial charge < -0.3 is 10.1 Å². The van der Waals surface area contributed by atoms with Crippen molar-refractivity contribution in [3.8, 4) is 0 Å². The van der Waals surface area contributed by atoms with Crippen LogP contribution in [0.15, 0.2) is 0 Å². The molecule has 1 rings (SSSR count). The number of likely N-dealkylation sites (tertiary alicyclic amines) is 1. The van der Waals surface area contributed by atoms with Crippen LogP contribution >= 0.6 is 0 Å². The van der Waals surface area contributed by atoms with Crippen molar-refractivity contribution in [3.05, 3.63) is 0 Å². The van der Waals surface area contributed by atoms with Crippen molar-refractivity contribution in [1.29, 1.82) is 0 Å². The Balaban J connectivity index is 2.14. The monoisotopic (exact) mass is 284 g/mol. The Labute approximate surface area is 124 Å². The fourth-order valence-corrected chi connectivity index (χ4v) is 2.36. The molecule has 4 nitrogen and oxygen atoms in total. The van der Waals surface area contributed by atoms with Crippen molar-refractivity contribution >= 4 is 5.97 Å². The smallest absolute Gasteiger partial charge is 0.320 e. The van der Waals surface area contributed by atoms with Crippen molar-refractivity contribution in [1.82, 2.24) is 10.2 Å². The minimum Gasteiger partial charge on any atom is -0.465 e. The Morgan fingerprint density at radius 1 is 1.30 bits per heavy atom. The summed E-state index contributed by atoms with van der Waals surface area (Å²) in [7, 11) is 0. The number of hydrogen-bond acceptors (Lipinski definition) is 4. The molecular formula is C16H32N2O2. The summed E-state index contributed by atoms with van der Waals surface area (Å²) >= 11 is 0. The summed E-state index contributed by atoms with van der Waals surface area (Å²) in [5.74, 6) is 0.673. The molecule has 1 aliphatic heterocycles. The minimum atomic E-state index is -0.0651. The largest absolute Gasteiger partial charge is 0.465 e. The highest BCUT2D eigenvalue weighted by atomic mass is 16.5. The van der Waals surface area contributed by atoms with Crippen LogP contribution in [0.1, 0.15) is 53.4 Å². The molecule has 0 unspecified atom stereocenters. The summed E-state index contributed by atoms with van der Waals surface area (Å²) in [4.78, 5) is 13.9. The fourth-order valence-electron chi connectivity index (χ4n) is 2.36. The van der Waals surface area contributed by atoms with Gasteiger partial charge in [0.1, 0.15) is 0 Å². The van der Waals surface area contributed by atoms with Gasteiger partial charge in [-0.15, -0.1) is 0 Å². The third-order valence-corrected chi connectivity index (χ3v) is 3.74. The predicted molar refractivity (Wildman–Crippen MR) is 82.8 cm³/mol. The number of rotatable bonds is 7. The molecule has 0 aromatic rings. The van der Waals surface area contributed by atoms with Gasteiger partial charge in [0.05, 0.1) is 13.2 Å². The Morgan fingerprint density at radius 2 is 1.95 bits per heavy atom. The first-order valence-corrected chi connectivity index (χ1v) is 8.03. The highest BCUT2D eigenvalue weighted by Gasteiger charge is 2.22. The van der Waals surface area contributed by atoms with Crippen LogP contribution in [0.2, 0.25) is 0 Å². The van der Waals surface area contributed by atoms with Crippen molar-refractivity contribution in [2.24, 2.45) is 5.92 Å². The van der Waals surface area contributed by atoms with Crippen molar-refractivity contribution in [2.45, 2.75) is 58.9 Å². The van der Waals surface area contributed by atoms with Crippen LogP contribution in [-0.4, -0.2) is 49.2 Å². The maximum Gasteiger partial charge on any atom is 0.320 e. The Kier molecular flexibility index (Phi) is 7.52. The van der Waals surface area contributed by atoms with Gasteiger partial charge in [0.2, 0.25) is 0 Å². The molecule has 1 saturated heterocycles. The molecule has 0 bridgehead atoms. The summed E-state index contributed by atoms with van der Waals surface area (Å²) in [6.07, 6.45) is 4.38. The summed E-state index contributed by atoms with van der Waals surface area (Å²) in [6, 6.07) is 0. The number of ether oxygens (including phenoxy) is 1. The quantitative estimate of drug-likeness (QED) is 0.576. The number of unbranched alkanes of at least 4 members (excludes halogenated alkanes) is 1.